The van der Waals surface area contributed by atoms with Crippen molar-refractivity contribution < 1.29 is 14.3 Å². The number of nitrogens with zero attached hydrogens (tertiary/aromatic N) is 1. The molecule has 1 amide bonds. The van der Waals surface area contributed by atoms with Crippen LogP contribution in [-0.4, -0.2) is 39.3 Å². The number of para-hydroxylation sites is 3. The van der Waals surface area contributed by atoms with E-state index in [1.165, 1.54) is 0 Å². The lowest BCUT2D eigenvalue weighted by Crippen LogP contribution is -2.40. The fraction of sp³-hybridized carbons (Fsp3) is 0.316. The van der Waals surface area contributed by atoms with Gasteiger partial charge in [-0.25, -0.2) is 0 Å². The molecular weight excluding hydrogens is 304 g/mol. The number of methoxy groups -OCH3 is 1. The molecule has 24 heavy (non-hydrogen) atoms. The minimum Gasteiger partial charge on any atom is -0.493 e. The van der Waals surface area contributed by atoms with E-state index in [0.717, 1.165) is 12.2 Å². The molecule has 1 atom stereocenters. The lowest BCUT2D eigenvalue weighted by Gasteiger charge is -2.20. The van der Waals surface area contributed by atoms with Crippen molar-refractivity contribution in [1.82, 2.24) is 5.32 Å². The first-order valence-electron chi connectivity index (χ1n) is 7.95. The average molecular weight is 328 g/mol. The minimum atomic E-state index is -0.594. The molecule has 128 valence electrons. The van der Waals surface area contributed by atoms with Gasteiger partial charge in [-0.3, -0.25) is 4.79 Å². The molecule has 0 saturated heterocycles. The Morgan fingerprint density at radius 2 is 1.71 bits per heavy atom. The normalized spacial score (nSPS) is 11.5. The van der Waals surface area contributed by atoms with E-state index >= 15 is 0 Å². The summed E-state index contributed by atoms with van der Waals surface area (Å²) >= 11 is 0. The molecule has 0 unspecified atom stereocenters. The van der Waals surface area contributed by atoms with Crippen LogP contribution in [0.1, 0.15) is 6.92 Å². The maximum absolute atomic E-state index is 12.2. The van der Waals surface area contributed by atoms with Crippen LogP contribution in [0.3, 0.4) is 0 Å². The van der Waals surface area contributed by atoms with Crippen molar-refractivity contribution in [3.8, 4) is 11.5 Å². The predicted octanol–water partition coefficient (Wildman–Crippen LogP) is 2.72. The van der Waals surface area contributed by atoms with E-state index in [9.17, 15) is 4.79 Å². The van der Waals surface area contributed by atoms with Crippen molar-refractivity contribution in [2.75, 3.05) is 32.1 Å². The molecule has 0 saturated carbocycles. The minimum absolute atomic E-state index is 0.151. The van der Waals surface area contributed by atoms with E-state index < -0.39 is 6.10 Å². The Balaban J connectivity index is 1.79. The highest BCUT2D eigenvalue weighted by Gasteiger charge is 2.16. The summed E-state index contributed by atoms with van der Waals surface area (Å²) in [5, 5.41) is 2.89. The van der Waals surface area contributed by atoms with Gasteiger partial charge < -0.3 is 19.7 Å². The highest BCUT2D eigenvalue weighted by molar-refractivity contribution is 5.80. The highest BCUT2D eigenvalue weighted by Crippen LogP contribution is 2.26. The lowest BCUT2D eigenvalue weighted by atomic mass is 10.3. The molecule has 0 aliphatic rings. The highest BCUT2D eigenvalue weighted by atomic mass is 16.5. The molecule has 2 aromatic carbocycles. The van der Waals surface area contributed by atoms with Crippen molar-refractivity contribution in [1.29, 1.82) is 0 Å². The quantitative estimate of drug-likeness (QED) is 0.809. The zero-order chi connectivity index (χ0) is 17.4. The molecule has 5 heteroatoms. The molecule has 0 spiro atoms. The number of rotatable bonds is 8. The van der Waals surface area contributed by atoms with Crippen LogP contribution in [-0.2, 0) is 4.79 Å². The Bertz CT molecular complexity index is 646. The number of carbonyl (C=O) groups is 1. The second-order valence-corrected chi connectivity index (χ2v) is 5.46. The van der Waals surface area contributed by atoms with Gasteiger partial charge in [0.25, 0.3) is 5.91 Å². The van der Waals surface area contributed by atoms with E-state index in [1.54, 1.807) is 26.2 Å². The van der Waals surface area contributed by atoms with Crippen molar-refractivity contribution in [3.63, 3.8) is 0 Å². The van der Waals surface area contributed by atoms with Crippen LogP contribution in [0.5, 0.6) is 11.5 Å². The molecule has 0 aliphatic heterocycles. The maximum atomic E-state index is 12.2. The monoisotopic (exact) mass is 328 g/mol. The smallest absolute Gasteiger partial charge is 0.260 e. The molecule has 0 aromatic heterocycles. The molecule has 0 bridgehead atoms. The summed E-state index contributed by atoms with van der Waals surface area (Å²) < 4.78 is 10.9. The first kappa shape index (κ1) is 17.7. The largest absolute Gasteiger partial charge is 0.493 e. The summed E-state index contributed by atoms with van der Waals surface area (Å²) in [6.07, 6.45) is -0.594. The number of anilines is 1. The number of hydrogen-bond acceptors (Lipinski definition) is 4. The van der Waals surface area contributed by atoms with Gasteiger partial charge in [0.1, 0.15) is 0 Å². The Labute approximate surface area is 143 Å². The Morgan fingerprint density at radius 3 is 2.38 bits per heavy atom. The average Bonchev–Trinajstić information content (AvgIpc) is 2.62. The number of benzene rings is 2. The summed E-state index contributed by atoms with van der Waals surface area (Å²) in [5.41, 5.74) is 1.12. The predicted molar refractivity (Wildman–Crippen MR) is 95.8 cm³/mol. The van der Waals surface area contributed by atoms with E-state index in [4.69, 9.17) is 9.47 Å². The van der Waals surface area contributed by atoms with Gasteiger partial charge in [0.05, 0.1) is 7.11 Å². The Morgan fingerprint density at radius 1 is 1.08 bits per heavy atom. The zero-order valence-electron chi connectivity index (χ0n) is 14.4. The van der Waals surface area contributed by atoms with E-state index in [1.807, 2.05) is 49.5 Å². The third-order valence-corrected chi connectivity index (χ3v) is 3.69. The third kappa shape index (κ3) is 4.91. The van der Waals surface area contributed by atoms with Gasteiger partial charge in [0.2, 0.25) is 0 Å². The fourth-order valence-electron chi connectivity index (χ4n) is 2.26. The molecule has 0 fully saturated rings. The van der Waals surface area contributed by atoms with Gasteiger partial charge in [0, 0.05) is 25.8 Å². The number of amides is 1. The first-order valence-corrected chi connectivity index (χ1v) is 7.95. The number of nitrogens with one attached hydrogen (secondary N) is 1. The van der Waals surface area contributed by atoms with Gasteiger partial charge in [-0.1, -0.05) is 30.3 Å². The van der Waals surface area contributed by atoms with Crippen molar-refractivity contribution >= 4 is 11.6 Å². The van der Waals surface area contributed by atoms with Crippen molar-refractivity contribution in [2.45, 2.75) is 13.0 Å². The second kappa shape index (κ2) is 8.82. The van der Waals surface area contributed by atoms with Gasteiger partial charge in [-0.15, -0.1) is 0 Å². The van der Waals surface area contributed by atoms with E-state index in [-0.39, 0.29) is 5.91 Å². The molecule has 2 rings (SSSR count). The van der Waals surface area contributed by atoms with Crippen LogP contribution >= 0.6 is 0 Å². The number of likely N-dealkylation sites (N-methyl/N-ethyl adjacent to an activating group) is 1. The summed E-state index contributed by atoms with van der Waals surface area (Å²) in [6, 6.07) is 17.3. The SMILES string of the molecule is COc1ccccc1O[C@H](C)C(=O)NCCN(C)c1ccccc1. The van der Waals surface area contributed by atoms with Crippen LogP contribution < -0.4 is 19.7 Å². The zero-order valence-corrected chi connectivity index (χ0v) is 14.4. The third-order valence-electron chi connectivity index (χ3n) is 3.69. The lowest BCUT2D eigenvalue weighted by molar-refractivity contribution is -0.127. The topological polar surface area (TPSA) is 50.8 Å². The van der Waals surface area contributed by atoms with Gasteiger partial charge in [0.15, 0.2) is 17.6 Å². The second-order valence-electron chi connectivity index (χ2n) is 5.46. The molecule has 0 aliphatic carbocycles. The van der Waals surface area contributed by atoms with Crippen LogP contribution in [0.15, 0.2) is 54.6 Å². The molecule has 5 nitrogen and oxygen atoms in total. The summed E-state index contributed by atoms with van der Waals surface area (Å²) in [7, 11) is 3.57. The van der Waals surface area contributed by atoms with Crippen molar-refractivity contribution in [2.24, 2.45) is 0 Å². The molecule has 0 heterocycles. The fourth-order valence-corrected chi connectivity index (χ4v) is 2.26. The number of hydrogen-bond donors (Lipinski definition) is 1. The van der Waals surface area contributed by atoms with Crippen LogP contribution in [0, 0.1) is 0 Å². The van der Waals surface area contributed by atoms with Gasteiger partial charge in [-0.2, -0.15) is 0 Å². The standard InChI is InChI=1S/C19H24N2O3/c1-15(24-18-12-8-7-11-17(18)23-3)19(22)20-13-14-21(2)16-9-5-4-6-10-16/h4-12,15H,13-14H2,1-3H3,(H,20,22)/t15-/m1/s1. The Hall–Kier alpha value is -2.69. The Kier molecular flexibility index (Phi) is 6.49. The summed E-state index contributed by atoms with van der Waals surface area (Å²) in [4.78, 5) is 14.3. The van der Waals surface area contributed by atoms with Gasteiger partial charge in [-0.05, 0) is 31.2 Å². The van der Waals surface area contributed by atoms with Crippen LogP contribution in [0.2, 0.25) is 0 Å². The summed E-state index contributed by atoms with van der Waals surface area (Å²) in [6.45, 7) is 2.99. The van der Waals surface area contributed by atoms with Crippen molar-refractivity contribution in [3.05, 3.63) is 54.6 Å². The first-order chi connectivity index (χ1) is 11.6. The molecular formula is C19H24N2O3. The number of ether oxygens (including phenoxy) is 2. The van der Waals surface area contributed by atoms with Gasteiger partial charge >= 0.3 is 0 Å². The van der Waals surface area contributed by atoms with Crippen LogP contribution in [0.25, 0.3) is 0 Å². The molecule has 1 N–H and O–H groups in total. The van der Waals surface area contributed by atoms with E-state index in [2.05, 4.69) is 10.2 Å². The molecule has 2 aromatic rings. The van der Waals surface area contributed by atoms with E-state index in [0.29, 0.717) is 18.0 Å². The maximum Gasteiger partial charge on any atom is 0.260 e. The summed E-state index contributed by atoms with van der Waals surface area (Å²) in [5.74, 6) is 1.02. The molecule has 0 radical (unpaired) electrons. The number of carbonyl (C=O) groups excluding carboxylic acids is 1. The van der Waals surface area contributed by atoms with Crippen LogP contribution in [0.4, 0.5) is 5.69 Å².